The molecule has 1 aliphatic heterocycles. The third-order valence-electron chi connectivity index (χ3n) is 6.43. The fraction of sp³-hybridized carbons (Fsp3) is 0.172. The van der Waals surface area contributed by atoms with E-state index in [4.69, 9.17) is 0 Å². The van der Waals surface area contributed by atoms with Crippen molar-refractivity contribution in [1.82, 2.24) is 9.47 Å². The van der Waals surface area contributed by atoms with Crippen LogP contribution in [0.2, 0.25) is 0 Å². The van der Waals surface area contributed by atoms with Crippen LogP contribution < -0.4 is 0 Å². The van der Waals surface area contributed by atoms with E-state index in [9.17, 15) is 9.59 Å². The van der Waals surface area contributed by atoms with Crippen LogP contribution in [0.1, 0.15) is 33.6 Å². The van der Waals surface area contributed by atoms with Gasteiger partial charge in [-0.3, -0.25) is 14.5 Å². The van der Waals surface area contributed by atoms with E-state index in [0.29, 0.717) is 4.91 Å². The lowest BCUT2D eigenvalue weighted by atomic mass is 10.0. The van der Waals surface area contributed by atoms with Gasteiger partial charge in [0.05, 0.1) is 11.4 Å². The van der Waals surface area contributed by atoms with Crippen LogP contribution in [0.15, 0.2) is 71.6 Å². The number of hydrogen-bond acceptors (Lipinski definition) is 3. The molecule has 1 saturated heterocycles. The van der Waals surface area contributed by atoms with Crippen molar-refractivity contribution in [2.24, 2.45) is 0 Å². The molecule has 0 atom stereocenters. The van der Waals surface area contributed by atoms with E-state index >= 15 is 0 Å². The van der Waals surface area contributed by atoms with Gasteiger partial charge < -0.3 is 4.57 Å². The summed E-state index contributed by atoms with van der Waals surface area (Å²) in [5.74, 6) is -0.237. The molecule has 0 spiro atoms. The van der Waals surface area contributed by atoms with Crippen LogP contribution in [0.4, 0.5) is 4.79 Å². The molecular formula is C29H26N2O2S. The third kappa shape index (κ3) is 3.86. The van der Waals surface area contributed by atoms with Crippen molar-refractivity contribution >= 4 is 39.8 Å². The summed E-state index contributed by atoms with van der Waals surface area (Å²) < 4.78 is 2.21. The molecule has 4 nitrogen and oxygen atoms in total. The molecule has 34 heavy (non-hydrogen) atoms. The second kappa shape index (κ2) is 8.65. The Kier molecular flexibility index (Phi) is 5.66. The second-order valence-corrected chi connectivity index (χ2v) is 9.85. The van der Waals surface area contributed by atoms with Gasteiger partial charge >= 0.3 is 0 Å². The molecule has 0 aliphatic carbocycles. The van der Waals surface area contributed by atoms with Crippen LogP contribution in [0.5, 0.6) is 0 Å². The molecule has 0 N–H and O–H groups in total. The van der Waals surface area contributed by atoms with E-state index in [1.165, 1.54) is 16.0 Å². The molecule has 1 aromatic heterocycles. The van der Waals surface area contributed by atoms with E-state index in [1.807, 2.05) is 48.5 Å². The van der Waals surface area contributed by atoms with E-state index < -0.39 is 0 Å². The van der Waals surface area contributed by atoms with Crippen LogP contribution in [0.25, 0.3) is 22.5 Å². The first-order valence-corrected chi connectivity index (χ1v) is 12.1. The molecule has 4 aromatic rings. The van der Waals surface area contributed by atoms with Crippen molar-refractivity contribution < 1.29 is 9.59 Å². The minimum Gasteiger partial charge on any atom is -0.318 e. The highest BCUT2D eigenvalue weighted by Gasteiger charge is 2.35. The van der Waals surface area contributed by atoms with Gasteiger partial charge in [-0.1, -0.05) is 60.2 Å². The highest BCUT2D eigenvalue weighted by molar-refractivity contribution is 8.18. The van der Waals surface area contributed by atoms with Gasteiger partial charge in [-0.05, 0) is 85.1 Å². The SMILES string of the molecule is Cc1ccc(-n2c(C)cc(/C=C3/SC(=O)N(Cc4cccc5ccccc45)C3=O)c2C)c(C)c1. The van der Waals surface area contributed by atoms with Crippen LogP contribution in [-0.4, -0.2) is 20.6 Å². The van der Waals surface area contributed by atoms with Crippen molar-refractivity contribution in [2.45, 2.75) is 34.2 Å². The van der Waals surface area contributed by atoms with Gasteiger partial charge in [0.25, 0.3) is 11.1 Å². The summed E-state index contributed by atoms with van der Waals surface area (Å²) in [5.41, 5.74) is 7.61. The fourth-order valence-electron chi connectivity index (χ4n) is 4.74. The number of rotatable bonds is 4. The number of carbonyl (C=O) groups excluding carboxylic acids is 2. The lowest BCUT2D eigenvalue weighted by Gasteiger charge is -2.14. The normalized spacial score (nSPS) is 15.2. The molecule has 2 heterocycles. The van der Waals surface area contributed by atoms with Crippen molar-refractivity contribution in [3.05, 3.63) is 105 Å². The molecule has 1 aliphatic rings. The van der Waals surface area contributed by atoms with Crippen LogP contribution in [-0.2, 0) is 11.3 Å². The molecule has 0 saturated carbocycles. The number of aromatic nitrogens is 1. The largest absolute Gasteiger partial charge is 0.318 e. The molecule has 170 valence electrons. The number of carbonyl (C=O) groups is 2. The monoisotopic (exact) mass is 466 g/mol. The first-order chi connectivity index (χ1) is 16.3. The minimum absolute atomic E-state index is 0.229. The molecular weight excluding hydrogens is 440 g/mol. The molecule has 5 rings (SSSR count). The van der Waals surface area contributed by atoms with Gasteiger partial charge in [0.15, 0.2) is 0 Å². The summed E-state index contributed by atoms with van der Waals surface area (Å²) in [7, 11) is 0. The zero-order valence-corrected chi connectivity index (χ0v) is 20.6. The fourth-order valence-corrected chi connectivity index (χ4v) is 5.57. The Morgan fingerprint density at radius 1 is 0.882 bits per heavy atom. The summed E-state index contributed by atoms with van der Waals surface area (Å²) in [5, 5.41) is 1.93. The quantitative estimate of drug-likeness (QED) is 0.301. The number of aryl methyl sites for hydroxylation is 3. The van der Waals surface area contributed by atoms with Crippen molar-refractivity contribution in [2.75, 3.05) is 0 Å². The number of amides is 2. The number of thioether (sulfide) groups is 1. The Morgan fingerprint density at radius 2 is 1.65 bits per heavy atom. The summed E-state index contributed by atoms with van der Waals surface area (Å²) in [4.78, 5) is 27.9. The van der Waals surface area contributed by atoms with Crippen LogP contribution in [0.3, 0.4) is 0 Å². The highest BCUT2D eigenvalue weighted by atomic mass is 32.2. The summed E-state index contributed by atoms with van der Waals surface area (Å²) in [6.07, 6.45) is 1.86. The average Bonchev–Trinajstić information content (AvgIpc) is 3.23. The van der Waals surface area contributed by atoms with Gasteiger partial charge in [-0.25, -0.2) is 0 Å². The van der Waals surface area contributed by atoms with E-state index in [-0.39, 0.29) is 17.7 Å². The minimum atomic E-state index is -0.237. The maximum atomic E-state index is 13.2. The molecule has 0 radical (unpaired) electrons. The Balaban J connectivity index is 1.46. The Labute approximate surface area is 203 Å². The van der Waals surface area contributed by atoms with Gasteiger partial charge in [0.2, 0.25) is 0 Å². The van der Waals surface area contributed by atoms with Gasteiger partial charge in [0.1, 0.15) is 0 Å². The first kappa shape index (κ1) is 22.2. The van der Waals surface area contributed by atoms with Crippen molar-refractivity contribution in [3.63, 3.8) is 0 Å². The predicted octanol–water partition coefficient (Wildman–Crippen LogP) is 7.10. The highest BCUT2D eigenvalue weighted by Crippen LogP contribution is 2.35. The third-order valence-corrected chi connectivity index (χ3v) is 7.34. The number of hydrogen-bond donors (Lipinski definition) is 0. The van der Waals surface area contributed by atoms with E-state index in [0.717, 1.165) is 50.7 Å². The Bertz CT molecular complexity index is 1490. The zero-order valence-electron chi connectivity index (χ0n) is 19.8. The summed E-state index contributed by atoms with van der Waals surface area (Å²) in [6, 6.07) is 22.5. The number of imide groups is 1. The predicted molar refractivity (Wildman–Crippen MR) is 140 cm³/mol. The van der Waals surface area contributed by atoms with E-state index in [2.05, 4.69) is 56.5 Å². The first-order valence-electron chi connectivity index (χ1n) is 11.3. The smallest absolute Gasteiger partial charge is 0.293 e. The average molecular weight is 467 g/mol. The second-order valence-electron chi connectivity index (χ2n) is 8.86. The lowest BCUT2D eigenvalue weighted by molar-refractivity contribution is -0.123. The molecule has 0 bridgehead atoms. The zero-order chi connectivity index (χ0) is 24.0. The van der Waals surface area contributed by atoms with Gasteiger partial charge in [-0.15, -0.1) is 0 Å². The van der Waals surface area contributed by atoms with Gasteiger partial charge in [0, 0.05) is 17.1 Å². The molecule has 1 fully saturated rings. The van der Waals surface area contributed by atoms with Crippen molar-refractivity contribution in [3.8, 4) is 5.69 Å². The van der Waals surface area contributed by atoms with Crippen LogP contribution >= 0.6 is 11.8 Å². The molecule has 2 amide bonds. The maximum Gasteiger partial charge on any atom is 0.293 e. The maximum absolute atomic E-state index is 13.2. The summed E-state index contributed by atoms with van der Waals surface area (Å²) in [6.45, 7) is 8.59. The molecule has 0 unspecified atom stereocenters. The topological polar surface area (TPSA) is 42.3 Å². The van der Waals surface area contributed by atoms with E-state index in [1.54, 1.807) is 0 Å². The molecule has 3 aromatic carbocycles. The number of nitrogens with zero attached hydrogens (tertiary/aromatic N) is 2. The standard InChI is InChI=1S/C29H26N2O2S/c1-18-12-13-26(19(2)14-18)31-20(3)15-24(21(31)4)16-27-28(32)30(29(33)34-27)17-23-10-7-9-22-8-5-6-11-25(22)23/h5-16H,17H2,1-4H3/b27-16+. The summed E-state index contributed by atoms with van der Waals surface area (Å²) >= 11 is 1.02. The van der Waals surface area contributed by atoms with Crippen molar-refractivity contribution in [1.29, 1.82) is 0 Å². The Morgan fingerprint density at radius 3 is 2.44 bits per heavy atom. The lowest BCUT2D eigenvalue weighted by Crippen LogP contribution is -2.27. The number of fused-ring (bicyclic) bond motifs is 1. The van der Waals surface area contributed by atoms with Crippen LogP contribution in [0, 0.1) is 27.7 Å². The van der Waals surface area contributed by atoms with Gasteiger partial charge in [-0.2, -0.15) is 0 Å². The Hall–Kier alpha value is -3.57. The number of benzene rings is 3. The molecule has 5 heteroatoms.